The molecule has 0 aliphatic heterocycles. The lowest BCUT2D eigenvalue weighted by molar-refractivity contribution is -0.116. The third-order valence-corrected chi connectivity index (χ3v) is 7.30. The Bertz CT molecular complexity index is 995. The minimum absolute atomic E-state index is 0.159. The lowest BCUT2D eigenvalue weighted by atomic mass is 10.2. The van der Waals surface area contributed by atoms with Crippen molar-refractivity contribution in [2.75, 3.05) is 23.7 Å². The first-order valence-corrected chi connectivity index (χ1v) is 11.5. The van der Waals surface area contributed by atoms with Crippen LogP contribution in [0.4, 0.5) is 11.4 Å². The van der Waals surface area contributed by atoms with E-state index in [2.05, 4.69) is 10.6 Å². The molecule has 6 nitrogen and oxygen atoms in total. The van der Waals surface area contributed by atoms with Crippen LogP contribution >= 0.6 is 34.8 Å². The molecule has 10 heteroatoms. The van der Waals surface area contributed by atoms with Gasteiger partial charge in [-0.3, -0.25) is 4.79 Å². The van der Waals surface area contributed by atoms with Gasteiger partial charge >= 0.3 is 0 Å². The molecule has 0 aromatic heterocycles. The van der Waals surface area contributed by atoms with E-state index in [4.69, 9.17) is 34.8 Å². The molecule has 158 valence electrons. The molecule has 0 fully saturated rings. The van der Waals surface area contributed by atoms with Gasteiger partial charge in [0.15, 0.2) is 0 Å². The molecule has 1 amide bonds. The van der Waals surface area contributed by atoms with Gasteiger partial charge in [0.1, 0.15) is 6.04 Å². The second kappa shape index (κ2) is 10.00. The number of sulfonamides is 1. The van der Waals surface area contributed by atoms with Crippen molar-refractivity contribution in [3.05, 3.63) is 51.5 Å². The number of benzene rings is 2. The molecule has 0 radical (unpaired) electrons. The van der Waals surface area contributed by atoms with Gasteiger partial charge in [-0.1, -0.05) is 54.7 Å². The highest BCUT2D eigenvalue weighted by atomic mass is 35.5. The summed E-state index contributed by atoms with van der Waals surface area (Å²) < 4.78 is 26.7. The first-order chi connectivity index (χ1) is 13.6. The first-order valence-electron chi connectivity index (χ1n) is 8.92. The Morgan fingerprint density at radius 1 is 1.03 bits per heavy atom. The Morgan fingerprint density at radius 3 is 2.28 bits per heavy atom. The van der Waals surface area contributed by atoms with Crippen molar-refractivity contribution >= 4 is 62.1 Å². The summed E-state index contributed by atoms with van der Waals surface area (Å²) in [5.41, 5.74) is 0.832. The second-order valence-electron chi connectivity index (χ2n) is 6.22. The van der Waals surface area contributed by atoms with Crippen molar-refractivity contribution in [3.8, 4) is 0 Å². The molecule has 0 bridgehead atoms. The largest absolute Gasteiger partial charge is 0.374 e. The van der Waals surface area contributed by atoms with Crippen LogP contribution in [0, 0.1) is 0 Å². The van der Waals surface area contributed by atoms with Crippen molar-refractivity contribution in [2.45, 2.75) is 31.7 Å². The molecule has 29 heavy (non-hydrogen) atoms. The Hall–Kier alpha value is -1.51. The number of carbonyl (C=O) groups excluding carboxylic acids is 1. The zero-order valence-electron chi connectivity index (χ0n) is 16.2. The van der Waals surface area contributed by atoms with Crippen molar-refractivity contribution in [2.24, 2.45) is 0 Å². The van der Waals surface area contributed by atoms with Gasteiger partial charge < -0.3 is 10.6 Å². The summed E-state index contributed by atoms with van der Waals surface area (Å²) >= 11 is 18.0. The fourth-order valence-electron chi connectivity index (χ4n) is 2.63. The number of carbonyl (C=O) groups is 1. The molecule has 0 aliphatic rings. The summed E-state index contributed by atoms with van der Waals surface area (Å²) in [5.74, 6) is -0.373. The Labute approximate surface area is 186 Å². The van der Waals surface area contributed by atoms with E-state index in [1.165, 1.54) is 28.6 Å². The summed E-state index contributed by atoms with van der Waals surface area (Å²) in [7, 11) is -3.59. The van der Waals surface area contributed by atoms with Crippen LogP contribution in [0.3, 0.4) is 0 Å². The molecule has 0 spiro atoms. The highest BCUT2D eigenvalue weighted by molar-refractivity contribution is 7.89. The summed E-state index contributed by atoms with van der Waals surface area (Å²) in [4.78, 5) is 12.7. The maximum atomic E-state index is 12.7. The van der Waals surface area contributed by atoms with Gasteiger partial charge in [-0.05, 0) is 37.3 Å². The maximum absolute atomic E-state index is 12.7. The van der Waals surface area contributed by atoms with Crippen LogP contribution in [-0.2, 0) is 14.8 Å². The van der Waals surface area contributed by atoms with E-state index >= 15 is 0 Å². The number of nitrogens with one attached hydrogen (secondary N) is 2. The van der Waals surface area contributed by atoms with E-state index in [0.29, 0.717) is 24.5 Å². The van der Waals surface area contributed by atoms with E-state index < -0.39 is 16.1 Å². The molecule has 2 N–H and O–H groups in total. The number of nitrogens with zero attached hydrogens (tertiary/aromatic N) is 1. The third-order valence-electron chi connectivity index (χ3n) is 4.22. The van der Waals surface area contributed by atoms with Crippen molar-refractivity contribution < 1.29 is 13.2 Å². The zero-order valence-corrected chi connectivity index (χ0v) is 19.3. The van der Waals surface area contributed by atoms with Gasteiger partial charge in [0, 0.05) is 18.8 Å². The van der Waals surface area contributed by atoms with E-state index in [-0.39, 0.29) is 25.9 Å². The molecular formula is C19H22Cl3N3O3S. The van der Waals surface area contributed by atoms with Gasteiger partial charge in [-0.2, -0.15) is 4.31 Å². The number of hydrogen-bond acceptors (Lipinski definition) is 4. The molecule has 2 aromatic carbocycles. The smallest absolute Gasteiger partial charge is 0.246 e. The van der Waals surface area contributed by atoms with Gasteiger partial charge in [0.05, 0.1) is 25.7 Å². The number of rotatable bonds is 8. The van der Waals surface area contributed by atoms with E-state index in [1.807, 2.05) is 0 Å². The molecule has 2 aromatic rings. The molecule has 0 unspecified atom stereocenters. The van der Waals surface area contributed by atoms with Crippen LogP contribution in [-0.4, -0.2) is 37.8 Å². The summed E-state index contributed by atoms with van der Waals surface area (Å²) in [6, 6.07) is 8.58. The van der Waals surface area contributed by atoms with Crippen LogP contribution in [0.2, 0.25) is 15.1 Å². The Morgan fingerprint density at radius 2 is 1.66 bits per heavy atom. The maximum Gasteiger partial charge on any atom is 0.246 e. The number of hydrogen-bond donors (Lipinski definition) is 2. The van der Waals surface area contributed by atoms with Crippen molar-refractivity contribution in [3.63, 3.8) is 0 Å². The number of halogens is 3. The minimum atomic E-state index is -3.59. The molecule has 0 saturated carbocycles. The molecule has 0 saturated heterocycles. The Kier molecular flexibility index (Phi) is 8.19. The first kappa shape index (κ1) is 23.8. The fourth-order valence-corrected chi connectivity index (χ4v) is 4.73. The topological polar surface area (TPSA) is 78.5 Å². The van der Waals surface area contributed by atoms with Crippen LogP contribution in [0.5, 0.6) is 0 Å². The second-order valence-corrected chi connectivity index (χ2v) is 9.38. The van der Waals surface area contributed by atoms with Crippen molar-refractivity contribution in [1.29, 1.82) is 0 Å². The molecular weight excluding hydrogens is 457 g/mol. The van der Waals surface area contributed by atoms with Gasteiger partial charge in [-0.25, -0.2) is 8.42 Å². The van der Waals surface area contributed by atoms with Crippen LogP contribution in [0.25, 0.3) is 0 Å². The minimum Gasteiger partial charge on any atom is -0.374 e. The molecule has 0 aliphatic carbocycles. The predicted molar refractivity (Wildman–Crippen MR) is 120 cm³/mol. The summed E-state index contributed by atoms with van der Waals surface area (Å²) in [6.45, 7) is 5.96. The zero-order chi connectivity index (χ0) is 21.8. The van der Waals surface area contributed by atoms with Crippen LogP contribution < -0.4 is 10.6 Å². The van der Waals surface area contributed by atoms with Gasteiger partial charge in [0.25, 0.3) is 0 Å². The predicted octanol–water partition coefficient (Wildman–Crippen LogP) is 5.12. The summed E-state index contributed by atoms with van der Waals surface area (Å²) in [5, 5.41) is 6.48. The highest BCUT2D eigenvalue weighted by Gasteiger charge is 2.22. The normalized spacial score (nSPS) is 12.7. The van der Waals surface area contributed by atoms with Crippen LogP contribution in [0.1, 0.15) is 20.8 Å². The van der Waals surface area contributed by atoms with Crippen molar-refractivity contribution in [1.82, 2.24) is 4.31 Å². The third kappa shape index (κ3) is 5.77. The SMILES string of the molecule is CCN(CC)S(=O)(=O)c1cccc(N[C@@H](C)C(=O)Nc2cc(Cl)c(Cl)cc2Cl)c1. The lowest BCUT2D eigenvalue weighted by Gasteiger charge is -2.20. The fraction of sp³-hybridized carbons (Fsp3) is 0.316. The quantitative estimate of drug-likeness (QED) is 0.516. The van der Waals surface area contributed by atoms with E-state index in [9.17, 15) is 13.2 Å². The highest BCUT2D eigenvalue weighted by Crippen LogP contribution is 2.32. The average Bonchev–Trinajstić information content (AvgIpc) is 2.67. The Balaban J connectivity index is 2.16. The number of amides is 1. The standard InChI is InChI=1S/C19H22Cl3N3O3S/c1-4-25(5-2)29(27,28)14-8-6-7-13(9-14)23-12(3)19(26)24-18-11-16(21)15(20)10-17(18)22/h6-12,23H,4-5H2,1-3H3,(H,24,26)/t12-/m0/s1. The van der Waals surface area contributed by atoms with Crippen LogP contribution in [0.15, 0.2) is 41.3 Å². The average molecular weight is 479 g/mol. The lowest BCUT2D eigenvalue weighted by Crippen LogP contribution is -2.32. The summed E-state index contributed by atoms with van der Waals surface area (Å²) in [6.07, 6.45) is 0. The van der Waals surface area contributed by atoms with E-state index in [1.54, 1.807) is 32.9 Å². The monoisotopic (exact) mass is 477 g/mol. The van der Waals surface area contributed by atoms with Gasteiger partial charge in [0.2, 0.25) is 15.9 Å². The number of anilines is 2. The molecule has 0 heterocycles. The molecule has 2 rings (SSSR count). The van der Waals surface area contributed by atoms with Gasteiger partial charge in [-0.15, -0.1) is 0 Å². The van der Waals surface area contributed by atoms with E-state index in [0.717, 1.165) is 0 Å². The molecule has 1 atom stereocenters.